The van der Waals surface area contributed by atoms with Gasteiger partial charge in [0.2, 0.25) is 0 Å². The van der Waals surface area contributed by atoms with Gasteiger partial charge in [0.1, 0.15) is 5.37 Å². The predicted molar refractivity (Wildman–Crippen MR) is 48.1 cm³/mol. The van der Waals surface area contributed by atoms with E-state index in [-0.39, 0.29) is 10.8 Å². The molecular formula is C8H13NOS. The van der Waals surface area contributed by atoms with E-state index in [1.165, 1.54) is 11.8 Å². The van der Waals surface area contributed by atoms with Crippen LogP contribution in [0.1, 0.15) is 20.8 Å². The minimum Gasteiger partial charge on any atom is -0.370 e. The lowest BCUT2D eigenvalue weighted by Crippen LogP contribution is -2.27. The van der Waals surface area contributed by atoms with Crippen molar-refractivity contribution in [2.45, 2.75) is 26.1 Å². The van der Waals surface area contributed by atoms with E-state index in [0.717, 1.165) is 12.0 Å². The summed E-state index contributed by atoms with van der Waals surface area (Å²) in [7, 11) is 0. The number of rotatable bonds is 1. The molecule has 0 aromatic heterocycles. The van der Waals surface area contributed by atoms with Crippen molar-refractivity contribution in [3.05, 3.63) is 11.1 Å². The van der Waals surface area contributed by atoms with Gasteiger partial charge in [-0.05, 0) is 5.41 Å². The minimum absolute atomic E-state index is 0.0655. The highest BCUT2D eigenvalue weighted by Gasteiger charge is 2.24. The van der Waals surface area contributed by atoms with Crippen molar-refractivity contribution in [3.8, 4) is 0 Å². The second-order valence-corrected chi connectivity index (χ2v) is 4.63. The Morgan fingerprint density at radius 2 is 2.27 bits per heavy atom. The van der Waals surface area contributed by atoms with Gasteiger partial charge in [-0.3, -0.25) is 0 Å². The molecule has 1 rings (SSSR count). The van der Waals surface area contributed by atoms with Gasteiger partial charge in [0.05, 0.1) is 0 Å². The van der Waals surface area contributed by atoms with Crippen molar-refractivity contribution < 1.29 is 4.79 Å². The fourth-order valence-electron chi connectivity index (χ4n) is 0.822. The van der Waals surface area contributed by atoms with Gasteiger partial charge in [-0.2, -0.15) is 0 Å². The zero-order chi connectivity index (χ0) is 8.48. The van der Waals surface area contributed by atoms with Gasteiger partial charge in [0, 0.05) is 11.1 Å². The maximum Gasteiger partial charge on any atom is 0.152 e. The van der Waals surface area contributed by atoms with Gasteiger partial charge in [0.25, 0.3) is 0 Å². The standard InChI is InChI=1S/C8H13NOS/c1-8(2,3)6-5-11-7(4-10)9-6/h4-5,7,9H,1-3H3. The number of nitrogens with one attached hydrogen (secondary N) is 1. The van der Waals surface area contributed by atoms with E-state index in [1.54, 1.807) is 0 Å². The van der Waals surface area contributed by atoms with E-state index in [9.17, 15) is 4.79 Å². The third-order valence-electron chi connectivity index (χ3n) is 1.56. The molecule has 0 radical (unpaired) electrons. The number of hydrogen-bond acceptors (Lipinski definition) is 3. The van der Waals surface area contributed by atoms with Crippen LogP contribution in [0.2, 0.25) is 0 Å². The summed E-state index contributed by atoms with van der Waals surface area (Å²) in [6.45, 7) is 6.37. The van der Waals surface area contributed by atoms with Crippen LogP contribution in [0.4, 0.5) is 0 Å². The quantitative estimate of drug-likeness (QED) is 0.609. The molecule has 1 unspecified atom stereocenters. The van der Waals surface area contributed by atoms with Crippen molar-refractivity contribution in [1.82, 2.24) is 5.32 Å². The molecule has 0 spiro atoms. The zero-order valence-electron chi connectivity index (χ0n) is 7.05. The molecule has 0 aromatic rings. The summed E-state index contributed by atoms with van der Waals surface area (Å²) in [5.41, 5.74) is 1.28. The molecule has 1 N–H and O–H groups in total. The van der Waals surface area contributed by atoms with E-state index >= 15 is 0 Å². The molecule has 1 aliphatic heterocycles. The Hall–Kier alpha value is -0.440. The van der Waals surface area contributed by atoms with Gasteiger partial charge in [-0.25, -0.2) is 0 Å². The third kappa shape index (κ3) is 1.99. The average Bonchev–Trinajstić information content (AvgIpc) is 2.32. The van der Waals surface area contributed by atoms with Gasteiger partial charge >= 0.3 is 0 Å². The molecule has 0 saturated heterocycles. The smallest absolute Gasteiger partial charge is 0.152 e. The molecule has 0 aromatic carbocycles. The molecule has 0 bridgehead atoms. The molecule has 1 atom stereocenters. The third-order valence-corrected chi connectivity index (χ3v) is 2.46. The highest BCUT2D eigenvalue weighted by atomic mass is 32.2. The average molecular weight is 171 g/mol. The number of carbonyl (C=O) groups is 1. The highest BCUT2D eigenvalue weighted by molar-refractivity contribution is 8.03. The van der Waals surface area contributed by atoms with E-state index in [2.05, 4.69) is 26.1 Å². The summed E-state index contributed by atoms with van der Waals surface area (Å²) in [6, 6.07) is 0. The summed E-state index contributed by atoms with van der Waals surface area (Å²) >= 11 is 1.54. The monoisotopic (exact) mass is 171 g/mol. The lowest BCUT2D eigenvalue weighted by molar-refractivity contribution is -0.107. The number of allylic oxidation sites excluding steroid dienone is 1. The fraction of sp³-hybridized carbons (Fsp3) is 0.625. The van der Waals surface area contributed by atoms with Crippen molar-refractivity contribution in [3.63, 3.8) is 0 Å². The van der Waals surface area contributed by atoms with Crippen LogP contribution in [-0.4, -0.2) is 11.7 Å². The van der Waals surface area contributed by atoms with Gasteiger partial charge in [-0.15, -0.1) is 0 Å². The molecule has 3 heteroatoms. The van der Waals surface area contributed by atoms with Crippen LogP contribution in [-0.2, 0) is 4.79 Å². The Morgan fingerprint density at radius 1 is 1.64 bits per heavy atom. The Kier molecular flexibility index (Phi) is 2.28. The topological polar surface area (TPSA) is 29.1 Å². The van der Waals surface area contributed by atoms with Gasteiger partial charge in [0.15, 0.2) is 6.29 Å². The number of hydrogen-bond donors (Lipinski definition) is 1. The van der Waals surface area contributed by atoms with E-state index < -0.39 is 0 Å². The van der Waals surface area contributed by atoms with Crippen LogP contribution in [0.15, 0.2) is 11.1 Å². The summed E-state index contributed by atoms with van der Waals surface area (Å²) in [4.78, 5) is 10.4. The maximum absolute atomic E-state index is 10.4. The lowest BCUT2D eigenvalue weighted by Gasteiger charge is -2.21. The maximum atomic E-state index is 10.4. The summed E-state index contributed by atoms with van der Waals surface area (Å²) in [5.74, 6) is 0. The van der Waals surface area contributed by atoms with Crippen LogP contribution >= 0.6 is 11.8 Å². The normalized spacial score (nSPS) is 24.3. The molecule has 0 amide bonds. The molecule has 11 heavy (non-hydrogen) atoms. The molecule has 1 heterocycles. The molecule has 1 aliphatic rings. The highest BCUT2D eigenvalue weighted by Crippen LogP contribution is 2.31. The first-order valence-corrected chi connectivity index (χ1v) is 4.56. The SMILES string of the molecule is CC(C)(C)C1=CSC(C=O)N1. The van der Waals surface area contributed by atoms with Gasteiger partial charge < -0.3 is 10.1 Å². The molecule has 2 nitrogen and oxygen atoms in total. The second kappa shape index (κ2) is 2.89. The minimum atomic E-state index is -0.0655. The van der Waals surface area contributed by atoms with Crippen LogP contribution < -0.4 is 5.32 Å². The summed E-state index contributed by atoms with van der Waals surface area (Å²) < 4.78 is 0. The number of thioether (sulfide) groups is 1. The Morgan fingerprint density at radius 3 is 2.55 bits per heavy atom. The Labute approximate surface area is 71.4 Å². The summed E-state index contributed by atoms with van der Waals surface area (Å²) in [6.07, 6.45) is 0.930. The largest absolute Gasteiger partial charge is 0.370 e. The first-order valence-electron chi connectivity index (χ1n) is 3.62. The number of aldehydes is 1. The first-order chi connectivity index (χ1) is 5.04. The van der Waals surface area contributed by atoms with Crippen molar-refractivity contribution in [2.24, 2.45) is 5.41 Å². The van der Waals surface area contributed by atoms with E-state index in [0.29, 0.717) is 0 Å². The van der Waals surface area contributed by atoms with Crippen LogP contribution in [0, 0.1) is 5.41 Å². The van der Waals surface area contributed by atoms with Crippen LogP contribution in [0.3, 0.4) is 0 Å². The van der Waals surface area contributed by atoms with Crippen LogP contribution in [0.5, 0.6) is 0 Å². The van der Waals surface area contributed by atoms with Crippen LogP contribution in [0.25, 0.3) is 0 Å². The van der Waals surface area contributed by atoms with Gasteiger partial charge in [-0.1, -0.05) is 32.5 Å². The molecule has 0 aliphatic carbocycles. The van der Waals surface area contributed by atoms with E-state index in [1.807, 2.05) is 5.41 Å². The predicted octanol–water partition coefficient (Wildman–Crippen LogP) is 1.74. The Balaban J connectivity index is 2.59. The van der Waals surface area contributed by atoms with E-state index in [4.69, 9.17) is 0 Å². The number of carbonyl (C=O) groups excluding carboxylic acids is 1. The summed E-state index contributed by atoms with van der Waals surface area (Å²) in [5, 5.41) is 5.10. The Bertz CT molecular complexity index is 193. The van der Waals surface area contributed by atoms with Crippen molar-refractivity contribution in [2.75, 3.05) is 0 Å². The van der Waals surface area contributed by atoms with Crippen molar-refractivity contribution >= 4 is 18.0 Å². The molecule has 0 saturated carbocycles. The molecular weight excluding hydrogens is 158 g/mol. The first kappa shape index (κ1) is 8.65. The molecule has 62 valence electrons. The van der Waals surface area contributed by atoms with Crippen molar-refractivity contribution in [1.29, 1.82) is 0 Å². The fourth-order valence-corrected chi connectivity index (χ4v) is 1.79. The lowest BCUT2D eigenvalue weighted by atomic mass is 9.93. The second-order valence-electron chi connectivity index (χ2n) is 3.62. The molecule has 0 fully saturated rings. The zero-order valence-corrected chi connectivity index (χ0v) is 7.87.